The van der Waals surface area contributed by atoms with Crippen LogP contribution in [-0.4, -0.2) is 23.2 Å². The summed E-state index contributed by atoms with van der Waals surface area (Å²) in [6.45, 7) is 0. The first-order valence-corrected chi connectivity index (χ1v) is 7.42. The van der Waals surface area contributed by atoms with E-state index in [2.05, 4.69) is 4.98 Å². The molecule has 1 N–H and O–H groups in total. The monoisotopic (exact) mass is 347 g/mol. The molecule has 6 heteroatoms. The molecule has 23 heavy (non-hydrogen) atoms. The summed E-state index contributed by atoms with van der Waals surface area (Å²) in [6.07, 6.45) is 1.53. The summed E-state index contributed by atoms with van der Waals surface area (Å²) in [5.74, 6) is -0.387. The number of pyridine rings is 1. The van der Waals surface area contributed by atoms with Crippen molar-refractivity contribution < 1.29 is 14.6 Å². The lowest BCUT2D eigenvalue weighted by atomic mass is 10.0. The molecule has 2 aromatic carbocycles. The van der Waals surface area contributed by atoms with Crippen molar-refractivity contribution in [3.8, 4) is 17.0 Å². The number of nitrogens with zero attached hydrogens (tertiary/aromatic N) is 1. The number of aromatic carboxylic acids is 1. The van der Waals surface area contributed by atoms with Gasteiger partial charge in [-0.3, -0.25) is 4.98 Å². The number of hydrogen-bond donors (Lipinski definition) is 1. The Bertz CT molecular complexity index is 925. The summed E-state index contributed by atoms with van der Waals surface area (Å²) in [5.41, 5.74) is 1.41. The minimum absolute atomic E-state index is 0.160. The SMILES string of the molecule is COc1ccc(-c2ncc(Cl)c3ccc(C(=O)O)cc23)c(Cl)c1. The second kappa shape index (κ2) is 6.07. The van der Waals surface area contributed by atoms with E-state index in [4.69, 9.17) is 27.9 Å². The zero-order chi connectivity index (χ0) is 16.6. The largest absolute Gasteiger partial charge is 0.497 e. The van der Waals surface area contributed by atoms with Crippen molar-refractivity contribution in [2.24, 2.45) is 0 Å². The van der Waals surface area contributed by atoms with Crippen molar-refractivity contribution in [1.82, 2.24) is 4.98 Å². The zero-order valence-corrected chi connectivity index (χ0v) is 13.5. The molecular weight excluding hydrogens is 337 g/mol. The molecule has 0 saturated carbocycles. The molecule has 0 amide bonds. The summed E-state index contributed by atoms with van der Waals surface area (Å²) < 4.78 is 5.14. The third-order valence-corrected chi connectivity index (χ3v) is 4.13. The van der Waals surface area contributed by atoms with E-state index in [0.717, 1.165) is 0 Å². The van der Waals surface area contributed by atoms with Crippen LogP contribution in [0.1, 0.15) is 10.4 Å². The highest BCUT2D eigenvalue weighted by Gasteiger charge is 2.14. The molecule has 4 nitrogen and oxygen atoms in total. The lowest BCUT2D eigenvalue weighted by Crippen LogP contribution is -1.97. The number of carboxylic acid groups (broad SMARTS) is 1. The van der Waals surface area contributed by atoms with Gasteiger partial charge < -0.3 is 9.84 Å². The highest BCUT2D eigenvalue weighted by atomic mass is 35.5. The number of halogens is 2. The highest BCUT2D eigenvalue weighted by molar-refractivity contribution is 6.36. The lowest BCUT2D eigenvalue weighted by Gasteiger charge is -2.11. The predicted octanol–water partition coefficient (Wildman–Crippen LogP) is 4.92. The predicted molar refractivity (Wildman–Crippen MR) is 90.7 cm³/mol. The standard InChI is InChI=1S/C17H11Cl2NO3/c1-23-10-3-5-12(14(18)7-10)16-13-6-9(17(21)22)2-4-11(13)15(19)8-20-16/h2-8H,1H3,(H,21,22). The van der Waals surface area contributed by atoms with Gasteiger partial charge in [0.25, 0.3) is 0 Å². The maximum Gasteiger partial charge on any atom is 0.335 e. The van der Waals surface area contributed by atoms with Crippen molar-refractivity contribution >= 4 is 39.9 Å². The molecule has 0 aliphatic heterocycles. The number of hydrogen-bond acceptors (Lipinski definition) is 3. The van der Waals surface area contributed by atoms with Crippen LogP contribution in [0, 0.1) is 0 Å². The van der Waals surface area contributed by atoms with Crippen LogP contribution in [0.3, 0.4) is 0 Å². The fourth-order valence-electron chi connectivity index (χ4n) is 2.37. The number of rotatable bonds is 3. The first-order valence-electron chi connectivity index (χ1n) is 6.66. The molecular formula is C17H11Cl2NO3. The van der Waals surface area contributed by atoms with Gasteiger partial charge in [-0.25, -0.2) is 4.79 Å². The van der Waals surface area contributed by atoms with Gasteiger partial charge >= 0.3 is 5.97 Å². The fraction of sp³-hybridized carbons (Fsp3) is 0.0588. The van der Waals surface area contributed by atoms with Gasteiger partial charge in [0, 0.05) is 22.5 Å². The summed E-state index contributed by atoms with van der Waals surface area (Å²) in [7, 11) is 1.56. The van der Waals surface area contributed by atoms with E-state index in [9.17, 15) is 9.90 Å². The van der Waals surface area contributed by atoms with Crippen LogP contribution in [0.15, 0.2) is 42.6 Å². The molecule has 0 unspecified atom stereocenters. The maximum absolute atomic E-state index is 11.2. The van der Waals surface area contributed by atoms with Crippen LogP contribution in [-0.2, 0) is 0 Å². The molecule has 3 rings (SSSR count). The molecule has 1 aromatic heterocycles. The first-order chi connectivity index (χ1) is 11.0. The second-order valence-corrected chi connectivity index (χ2v) is 5.68. The van der Waals surface area contributed by atoms with Gasteiger partial charge in [-0.2, -0.15) is 0 Å². The molecule has 0 spiro atoms. The molecule has 0 aliphatic carbocycles. The van der Waals surface area contributed by atoms with E-state index in [-0.39, 0.29) is 5.56 Å². The molecule has 3 aromatic rings. The minimum atomic E-state index is -1.02. The van der Waals surface area contributed by atoms with E-state index >= 15 is 0 Å². The Morgan fingerprint density at radius 3 is 2.52 bits per heavy atom. The molecule has 0 bridgehead atoms. The third-order valence-electron chi connectivity index (χ3n) is 3.52. The quantitative estimate of drug-likeness (QED) is 0.730. The molecule has 0 radical (unpaired) electrons. The maximum atomic E-state index is 11.2. The number of carboxylic acids is 1. The van der Waals surface area contributed by atoms with Crippen LogP contribution >= 0.6 is 23.2 Å². The minimum Gasteiger partial charge on any atom is -0.497 e. The van der Waals surface area contributed by atoms with E-state index in [1.165, 1.54) is 12.3 Å². The molecule has 0 saturated heterocycles. The number of fused-ring (bicyclic) bond motifs is 1. The van der Waals surface area contributed by atoms with Gasteiger partial charge in [-0.15, -0.1) is 0 Å². The lowest BCUT2D eigenvalue weighted by molar-refractivity contribution is 0.0697. The Hall–Kier alpha value is -2.30. The van der Waals surface area contributed by atoms with Gasteiger partial charge in [0.2, 0.25) is 0 Å². The highest BCUT2D eigenvalue weighted by Crippen LogP contribution is 2.36. The summed E-state index contributed by atoms with van der Waals surface area (Å²) >= 11 is 12.5. The van der Waals surface area contributed by atoms with Gasteiger partial charge in [0.1, 0.15) is 5.75 Å². The van der Waals surface area contributed by atoms with E-state index in [0.29, 0.717) is 37.8 Å². The summed E-state index contributed by atoms with van der Waals surface area (Å²) in [5, 5.41) is 11.5. The topological polar surface area (TPSA) is 59.4 Å². The van der Waals surface area contributed by atoms with Crippen LogP contribution in [0.4, 0.5) is 0 Å². The number of aromatic nitrogens is 1. The Morgan fingerprint density at radius 1 is 1.09 bits per heavy atom. The van der Waals surface area contributed by atoms with Gasteiger partial charge in [-0.05, 0) is 30.3 Å². The van der Waals surface area contributed by atoms with Crippen LogP contribution in [0.25, 0.3) is 22.0 Å². The average molecular weight is 348 g/mol. The third kappa shape index (κ3) is 2.83. The van der Waals surface area contributed by atoms with Gasteiger partial charge in [-0.1, -0.05) is 29.3 Å². The zero-order valence-electron chi connectivity index (χ0n) is 12.0. The Labute approximate surface area is 142 Å². The Balaban J connectivity index is 2.30. The van der Waals surface area contributed by atoms with Crippen molar-refractivity contribution in [1.29, 1.82) is 0 Å². The van der Waals surface area contributed by atoms with Crippen LogP contribution in [0.5, 0.6) is 5.75 Å². The normalized spacial score (nSPS) is 10.7. The molecule has 0 fully saturated rings. The van der Waals surface area contributed by atoms with Crippen LogP contribution in [0.2, 0.25) is 10.0 Å². The molecule has 1 heterocycles. The summed E-state index contributed by atoms with van der Waals surface area (Å²) in [6, 6.07) is 9.96. The number of methoxy groups -OCH3 is 1. The van der Waals surface area contributed by atoms with Crippen molar-refractivity contribution in [3.63, 3.8) is 0 Å². The number of benzene rings is 2. The van der Waals surface area contributed by atoms with Gasteiger partial charge in [0.15, 0.2) is 0 Å². The van der Waals surface area contributed by atoms with E-state index in [1.54, 1.807) is 37.4 Å². The summed E-state index contributed by atoms with van der Waals surface area (Å²) in [4.78, 5) is 15.6. The van der Waals surface area contributed by atoms with Gasteiger partial charge in [0.05, 0.1) is 28.4 Å². The fourth-order valence-corrected chi connectivity index (χ4v) is 2.84. The van der Waals surface area contributed by atoms with Crippen molar-refractivity contribution in [3.05, 3.63) is 58.2 Å². The van der Waals surface area contributed by atoms with Crippen molar-refractivity contribution in [2.45, 2.75) is 0 Å². The first kappa shape index (κ1) is 15.6. The Morgan fingerprint density at radius 2 is 1.87 bits per heavy atom. The molecule has 0 atom stereocenters. The second-order valence-electron chi connectivity index (χ2n) is 4.87. The number of ether oxygens (including phenoxy) is 1. The molecule has 116 valence electrons. The Kier molecular flexibility index (Phi) is 4.11. The van der Waals surface area contributed by atoms with Crippen molar-refractivity contribution in [2.75, 3.05) is 7.11 Å². The van der Waals surface area contributed by atoms with E-state index in [1.807, 2.05) is 0 Å². The van der Waals surface area contributed by atoms with E-state index < -0.39 is 5.97 Å². The van der Waals surface area contributed by atoms with Crippen LogP contribution < -0.4 is 4.74 Å². The molecule has 0 aliphatic rings. The smallest absolute Gasteiger partial charge is 0.335 e. The average Bonchev–Trinajstić information content (AvgIpc) is 2.55. The number of carbonyl (C=O) groups is 1.